The minimum Gasteiger partial charge on any atom is -0.353 e. The van der Waals surface area contributed by atoms with Gasteiger partial charge < -0.3 is 19.5 Å². The first-order valence-electron chi connectivity index (χ1n) is 12.1. The van der Waals surface area contributed by atoms with Crippen LogP contribution in [-0.2, 0) is 10.3 Å². The van der Waals surface area contributed by atoms with Crippen molar-refractivity contribution in [2.24, 2.45) is 5.92 Å². The summed E-state index contributed by atoms with van der Waals surface area (Å²) in [6.45, 7) is 11.3. The zero-order valence-electron chi connectivity index (χ0n) is 20.9. The molecule has 0 radical (unpaired) electrons. The minimum absolute atomic E-state index is 0.0178. The summed E-state index contributed by atoms with van der Waals surface area (Å²) in [6.07, 6.45) is 5.46. The highest BCUT2D eigenvalue weighted by atomic mass is 35.5. The predicted molar refractivity (Wildman–Crippen MR) is 138 cm³/mol. The molecular formula is C25H33ClN8O. The number of halogens is 1. The van der Waals surface area contributed by atoms with Crippen LogP contribution in [0.3, 0.4) is 0 Å². The standard InChI is InChI=1S/C25H33ClN8O/c1-16-12-33(13-17(2)31(16)5)24-28-10-19(26)22(29-24)32-14-18(15-32)23(35)30-25(3,4)20-11-27-21-8-6-7-9-34(20)21/h6-11,16-18H,12-15H2,1-5H3,(H,30,35)/t16-,17?/m1/s1. The van der Waals surface area contributed by atoms with Crippen LogP contribution in [0.25, 0.3) is 5.65 Å². The molecule has 3 aromatic heterocycles. The molecule has 0 saturated carbocycles. The van der Waals surface area contributed by atoms with Crippen molar-refractivity contribution >= 4 is 34.9 Å². The van der Waals surface area contributed by atoms with E-state index < -0.39 is 5.54 Å². The molecule has 2 saturated heterocycles. The van der Waals surface area contributed by atoms with Gasteiger partial charge >= 0.3 is 0 Å². The molecular weight excluding hydrogens is 464 g/mol. The number of hydrogen-bond donors (Lipinski definition) is 1. The molecule has 0 bridgehead atoms. The Bertz CT molecular complexity index is 1230. The summed E-state index contributed by atoms with van der Waals surface area (Å²) >= 11 is 6.48. The van der Waals surface area contributed by atoms with E-state index in [1.165, 1.54) is 0 Å². The average molecular weight is 497 g/mol. The summed E-state index contributed by atoms with van der Waals surface area (Å²) in [6, 6.07) is 6.69. The van der Waals surface area contributed by atoms with Crippen LogP contribution in [-0.4, -0.2) is 75.5 Å². The second-order valence-corrected chi connectivity index (χ2v) is 10.8. The molecule has 2 atom stereocenters. The molecule has 2 aliphatic rings. The summed E-state index contributed by atoms with van der Waals surface area (Å²) in [4.78, 5) is 33.5. The van der Waals surface area contributed by atoms with Gasteiger partial charge in [0.05, 0.1) is 29.5 Å². The van der Waals surface area contributed by atoms with Crippen molar-refractivity contribution in [2.45, 2.75) is 45.3 Å². The fraction of sp³-hybridized carbons (Fsp3) is 0.520. The fourth-order valence-corrected chi connectivity index (χ4v) is 5.19. The number of nitrogens with one attached hydrogen (secondary N) is 1. The number of hydrogen-bond acceptors (Lipinski definition) is 7. The summed E-state index contributed by atoms with van der Waals surface area (Å²) in [5.74, 6) is 1.27. The Morgan fingerprint density at radius 3 is 2.49 bits per heavy atom. The van der Waals surface area contributed by atoms with E-state index in [0.29, 0.717) is 42.0 Å². The molecule has 0 spiro atoms. The van der Waals surface area contributed by atoms with Crippen molar-refractivity contribution in [1.82, 2.24) is 29.6 Å². The SMILES string of the molecule is CC1CN(c2ncc(Cl)c(N3CC(C(=O)NC(C)(C)c4cnc5ccccn45)C3)n2)C[C@@H](C)N1C. The number of piperazine rings is 1. The van der Waals surface area contributed by atoms with Crippen LogP contribution in [0.5, 0.6) is 0 Å². The van der Waals surface area contributed by atoms with Gasteiger partial charge in [-0.3, -0.25) is 9.69 Å². The number of rotatable bonds is 5. The molecule has 5 rings (SSSR count). The lowest BCUT2D eigenvalue weighted by molar-refractivity contribution is -0.127. The lowest BCUT2D eigenvalue weighted by Gasteiger charge is -2.43. The van der Waals surface area contributed by atoms with Gasteiger partial charge in [0.2, 0.25) is 11.9 Å². The molecule has 5 heterocycles. The third kappa shape index (κ3) is 4.43. The molecule has 186 valence electrons. The van der Waals surface area contributed by atoms with Crippen molar-refractivity contribution in [1.29, 1.82) is 0 Å². The largest absolute Gasteiger partial charge is 0.353 e. The molecule has 10 heteroatoms. The number of pyridine rings is 1. The Morgan fingerprint density at radius 2 is 1.77 bits per heavy atom. The number of carbonyl (C=O) groups is 1. The molecule has 35 heavy (non-hydrogen) atoms. The number of carbonyl (C=O) groups excluding carboxylic acids is 1. The second kappa shape index (κ2) is 8.95. The van der Waals surface area contributed by atoms with Gasteiger partial charge in [0.25, 0.3) is 0 Å². The van der Waals surface area contributed by atoms with Crippen LogP contribution in [0.1, 0.15) is 33.4 Å². The molecule has 0 aliphatic carbocycles. The maximum atomic E-state index is 13.1. The molecule has 9 nitrogen and oxygen atoms in total. The molecule has 2 fully saturated rings. The van der Waals surface area contributed by atoms with E-state index in [-0.39, 0.29) is 11.8 Å². The van der Waals surface area contributed by atoms with Gasteiger partial charge in [-0.2, -0.15) is 4.98 Å². The van der Waals surface area contributed by atoms with Gasteiger partial charge in [0.1, 0.15) is 10.7 Å². The molecule has 2 aliphatic heterocycles. The van der Waals surface area contributed by atoms with Crippen LogP contribution >= 0.6 is 11.6 Å². The van der Waals surface area contributed by atoms with Gasteiger partial charge in [0.15, 0.2) is 5.82 Å². The average Bonchev–Trinajstić information content (AvgIpc) is 3.22. The molecule has 1 N–H and O–H groups in total. The van der Waals surface area contributed by atoms with Crippen LogP contribution in [0.15, 0.2) is 36.8 Å². The van der Waals surface area contributed by atoms with Crippen molar-refractivity contribution < 1.29 is 4.79 Å². The van der Waals surface area contributed by atoms with Crippen molar-refractivity contribution in [3.8, 4) is 0 Å². The Hall–Kier alpha value is -2.91. The van der Waals surface area contributed by atoms with E-state index in [0.717, 1.165) is 24.4 Å². The normalized spacial score (nSPS) is 21.9. The first-order chi connectivity index (χ1) is 16.6. The van der Waals surface area contributed by atoms with Gasteiger partial charge in [-0.05, 0) is 46.9 Å². The van der Waals surface area contributed by atoms with Crippen LogP contribution in [0.2, 0.25) is 5.02 Å². The summed E-state index contributed by atoms with van der Waals surface area (Å²) < 4.78 is 2.01. The van der Waals surface area contributed by atoms with Gasteiger partial charge in [-0.1, -0.05) is 17.7 Å². The first-order valence-corrected chi connectivity index (χ1v) is 12.5. The third-order valence-corrected chi connectivity index (χ3v) is 7.67. The van der Waals surface area contributed by atoms with E-state index in [2.05, 4.69) is 50.9 Å². The van der Waals surface area contributed by atoms with Crippen LogP contribution < -0.4 is 15.1 Å². The highest BCUT2D eigenvalue weighted by molar-refractivity contribution is 6.32. The Labute approximate surface area is 211 Å². The van der Waals surface area contributed by atoms with Crippen molar-refractivity contribution in [2.75, 3.05) is 43.0 Å². The summed E-state index contributed by atoms with van der Waals surface area (Å²) in [5.41, 5.74) is 1.24. The number of fused-ring (bicyclic) bond motifs is 1. The summed E-state index contributed by atoms with van der Waals surface area (Å²) in [5, 5.41) is 3.72. The topological polar surface area (TPSA) is 81.9 Å². The smallest absolute Gasteiger partial charge is 0.227 e. The zero-order chi connectivity index (χ0) is 24.9. The van der Waals surface area contributed by atoms with E-state index in [1.807, 2.05) is 48.8 Å². The van der Waals surface area contributed by atoms with Crippen molar-refractivity contribution in [3.63, 3.8) is 0 Å². The molecule has 1 amide bonds. The third-order valence-electron chi connectivity index (χ3n) is 7.40. The Balaban J connectivity index is 1.25. The molecule has 0 aromatic carbocycles. The predicted octanol–water partition coefficient (Wildman–Crippen LogP) is 2.79. The number of likely N-dealkylation sites (N-methyl/N-ethyl adjacent to an activating group) is 1. The Kier molecular flexibility index (Phi) is 6.09. The van der Waals surface area contributed by atoms with Crippen molar-refractivity contribution in [3.05, 3.63) is 47.5 Å². The van der Waals surface area contributed by atoms with Crippen LogP contribution in [0, 0.1) is 5.92 Å². The second-order valence-electron chi connectivity index (χ2n) is 10.4. The first kappa shape index (κ1) is 23.8. The highest BCUT2D eigenvalue weighted by Crippen LogP contribution is 2.32. The fourth-order valence-electron chi connectivity index (χ4n) is 4.98. The van der Waals surface area contributed by atoms with Gasteiger partial charge in [-0.15, -0.1) is 0 Å². The van der Waals surface area contributed by atoms with Crippen LogP contribution in [0.4, 0.5) is 11.8 Å². The van der Waals surface area contributed by atoms with E-state index in [9.17, 15) is 4.79 Å². The molecule has 1 unspecified atom stereocenters. The van der Waals surface area contributed by atoms with Gasteiger partial charge in [-0.25, -0.2) is 9.97 Å². The van der Waals surface area contributed by atoms with E-state index in [1.54, 1.807) is 6.20 Å². The number of anilines is 2. The quantitative estimate of drug-likeness (QED) is 0.581. The summed E-state index contributed by atoms with van der Waals surface area (Å²) in [7, 11) is 2.16. The molecule has 3 aromatic rings. The minimum atomic E-state index is -0.563. The number of aromatic nitrogens is 4. The van der Waals surface area contributed by atoms with E-state index in [4.69, 9.17) is 16.6 Å². The maximum Gasteiger partial charge on any atom is 0.227 e. The Morgan fingerprint density at radius 1 is 1.06 bits per heavy atom. The number of nitrogens with zero attached hydrogens (tertiary/aromatic N) is 7. The number of amides is 1. The number of imidazole rings is 1. The maximum absolute atomic E-state index is 13.1. The van der Waals surface area contributed by atoms with E-state index >= 15 is 0 Å². The monoisotopic (exact) mass is 496 g/mol. The lowest BCUT2D eigenvalue weighted by Crippen LogP contribution is -2.57. The lowest BCUT2D eigenvalue weighted by atomic mass is 9.95. The highest BCUT2D eigenvalue weighted by Gasteiger charge is 2.38. The van der Waals surface area contributed by atoms with Gasteiger partial charge in [0, 0.05) is 44.5 Å². The zero-order valence-corrected chi connectivity index (χ0v) is 21.7.